The number of nitrogens with two attached hydrogens (primary N) is 1. The first-order chi connectivity index (χ1) is 6.83. The number of thiophene rings is 1. The van der Waals surface area contributed by atoms with Gasteiger partial charge in [0.25, 0.3) is 0 Å². The van der Waals surface area contributed by atoms with Crippen LogP contribution in [-0.2, 0) is 11.2 Å². The molecule has 1 aromatic rings. The summed E-state index contributed by atoms with van der Waals surface area (Å²) in [7, 11) is 0. The van der Waals surface area contributed by atoms with E-state index in [-0.39, 0.29) is 6.04 Å². The maximum Gasteiger partial charge on any atom is 0.114 e. The highest BCUT2D eigenvalue weighted by molar-refractivity contribution is 7.10. The first-order valence-corrected chi connectivity index (χ1v) is 5.85. The molecule has 0 radical (unpaired) electrons. The van der Waals surface area contributed by atoms with Crippen LogP contribution in [0.5, 0.6) is 0 Å². The van der Waals surface area contributed by atoms with Gasteiger partial charge in [0.2, 0.25) is 0 Å². The quantitative estimate of drug-likeness (QED) is 0.830. The largest absolute Gasteiger partial charge is 0.496 e. The summed E-state index contributed by atoms with van der Waals surface area (Å²) >= 11 is 1.72. The van der Waals surface area contributed by atoms with Crippen molar-refractivity contribution in [3.8, 4) is 0 Å². The van der Waals surface area contributed by atoms with Gasteiger partial charge in [0.15, 0.2) is 0 Å². The van der Waals surface area contributed by atoms with Crippen molar-refractivity contribution in [1.29, 1.82) is 0 Å². The van der Waals surface area contributed by atoms with Gasteiger partial charge in [-0.1, -0.05) is 6.92 Å². The van der Waals surface area contributed by atoms with Gasteiger partial charge in [0.1, 0.15) is 5.76 Å². The number of ether oxygens (including phenoxy) is 1. The number of rotatable bonds is 3. The SMILES string of the molecule is CCc1ccsc1C(N)C1=CCCO1. The Morgan fingerprint density at radius 3 is 3.14 bits per heavy atom. The van der Waals surface area contributed by atoms with E-state index in [1.165, 1.54) is 10.4 Å². The number of hydrogen-bond donors (Lipinski definition) is 1. The van der Waals surface area contributed by atoms with Gasteiger partial charge in [-0.25, -0.2) is 0 Å². The molecule has 1 aromatic heterocycles. The topological polar surface area (TPSA) is 35.2 Å². The van der Waals surface area contributed by atoms with E-state index in [1.807, 2.05) is 0 Å². The Bertz CT molecular complexity index is 343. The molecular formula is C11H15NOS. The molecule has 2 N–H and O–H groups in total. The molecule has 0 saturated carbocycles. The fourth-order valence-electron chi connectivity index (χ4n) is 1.70. The van der Waals surface area contributed by atoms with Crippen molar-refractivity contribution < 1.29 is 4.74 Å². The van der Waals surface area contributed by atoms with Crippen LogP contribution in [0.2, 0.25) is 0 Å². The monoisotopic (exact) mass is 209 g/mol. The maximum absolute atomic E-state index is 6.14. The molecule has 1 aliphatic rings. The van der Waals surface area contributed by atoms with Crippen LogP contribution in [0.1, 0.15) is 29.8 Å². The predicted octanol–water partition coefficient (Wildman–Crippen LogP) is 2.61. The Hall–Kier alpha value is -0.800. The third kappa shape index (κ3) is 1.70. The van der Waals surface area contributed by atoms with E-state index in [9.17, 15) is 0 Å². The third-order valence-corrected chi connectivity index (χ3v) is 3.52. The molecule has 0 fully saturated rings. The van der Waals surface area contributed by atoms with Gasteiger partial charge >= 0.3 is 0 Å². The van der Waals surface area contributed by atoms with Crippen LogP contribution in [0.15, 0.2) is 23.3 Å². The highest BCUT2D eigenvalue weighted by atomic mass is 32.1. The Labute approximate surface area is 88.4 Å². The minimum Gasteiger partial charge on any atom is -0.496 e. The number of hydrogen-bond acceptors (Lipinski definition) is 3. The molecular weight excluding hydrogens is 194 g/mol. The molecule has 1 atom stereocenters. The normalized spacial score (nSPS) is 17.7. The Morgan fingerprint density at radius 2 is 2.50 bits per heavy atom. The molecule has 2 rings (SSSR count). The molecule has 1 aliphatic heterocycles. The van der Waals surface area contributed by atoms with Gasteiger partial charge in [0, 0.05) is 11.3 Å². The molecule has 0 aromatic carbocycles. The summed E-state index contributed by atoms with van der Waals surface area (Å²) in [5.74, 6) is 0.946. The molecule has 3 heteroatoms. The Morgan fingerprint density at radius 1 is 1.64 bits per heavy atom. The smallest absolute Gasteiger partial charge is 0.114 e. The first kappa shape index (κ1) is 9.74. The molecule has 1 unspecified atom stereocenters. The summed E-state index contributed by atoms with van der Waals surface area (Å²) in [4.78, 5) is 1.25. The van der Waals surface area contributed by atoms with E-state index in [1.54, 1.807) is 11.3 Å². The average Bonchev–Trinajstić information content (AvgIpc) is 2.87. The molecule has 2 nitrogen and oxygen atoms in total. The lowest BCUT2D eigenvalue weighted by Crippen LogP contribution is -2.13. The molecule has 0 amide bonds. The molecule has 2 heterocycles. The predicted molar refractivity (Wildman–Crippen MR) is 59.3 cm³/mol. The van der Waals surface area contributed by atoms with E-state index in [4.69, 9.17) is 10.5 Å². The second kappa shape index (κ2) is 4.15. The van der Waals surface area contributed by atoms with Crippen LogP contribution in [0.25, 0.3) is 0 Å². The fraction of sp³-hybridized carbons (Fsp3) is 0.455. The lowest BCUT2D eigenvalue weighted by molar-refractivity contribution is 0.226. The Kier molecular flexibility index (Phi) is 2.89. The summed E-state index contributed by atoms with van der Waals surface area (Å²) < 4.78 is 5.48. The number of aryl methyl sites for hydroxylation is 1. The minimum atomic E-state index is -0.0487. The summed E-state index contributed by atoms with van der Waals surface area (Å²) in [5, 5.41) is 2.10. The summed E-state index contributed by atoms with van der Waals surface area (Å²) in [6.07, 6.45) is 4.14. The third-order valence-electron chi connectivity index (χ3n) is 2.48. The second-order valence-corrected chi connectivity index (χ2v) is 4.33. The van der Waals surface area contributed by atoms with E-state index >= 15 is 0 Å². The summed E-state index contributed by atoms with van der Waals surface area (Å²) in [6, 6.07) is 2.10. The lowest BCUT2D eigenvalue weighted by atomic mass is 10.1. The zero-order valence-electron chi connectivity index (χ0n) is 8.32. The molecule has 0 spiro atoms. The van der Waals surface area contributed by atoms with Crippen molar-refractivity contribution in [2.24, 2.45) is 5.73 Å². The summed E-state index contributed by atoms with van der Waals surface area (Å²) in [5.41, 5.74) is 7.48. The van der Waals surface area contributed by atoms with E-state index in [0.29, 0.717) is 0 Å². The lowest BCUT2D eigenvalue weighted by Gasteiger charge is -2.13. The van der Waals surface area contributed by atoms with Crippen molar-refractivity contribution >= 4 is 11.3 Å². The van der Waals surface area contributed by atoms with Crippen LogP contribution in [-0.4, -0.2) is 6.61 Å². The fourth-order valence-corrected chi connectivity index (χ4v) is 2.70. The highest BCUT2D eigenvalue weighted by Gasteiger charge is 2.19. The zero-order valence-corrected chi connectivity index (χ0v) is 9.14. The molecule has 0 saturated heterocycles. The van der Waals surface area contributed by atoms with E-state index in [0.717, 1.165) is 25.2 Å². The second-order valence-electron chi connectivity index (χ2n) is 3.38. The van der Waals surface area contributed by atoms with Crippen LogP contribution in [0, 0.1) is 0 Å². The zero-order chi connectivity index (χ0) is 9.97. The van der Waals surface area contributed by atoms with E-state index in [2.05, 4.69) is 24.4 Å². The average molecular weight is 209 g/mol. The van der Waals surface area contributed by atoms with Crippen molar-refractivity contribution in [3.63, 3.8) is 0 Å². The molecule has 0 aliphatic carbocycles. The minimum absolute atomic E-state index is 0.0487. The molecule has 14 heavy (non-hydrogen) atoms. The van der Waals surface area contributed by atoms with Crippen LogP contribution < -0.4 is 5.73 Å². The molecule has 76 valence electrons. The van der Waals surface area contributed by atoms with Gasteiger partial charge in [0.05, 0.1) is 12.6 Å². The highest BCUT2D eigenvalue weighted by Crippen LogP contribution is 2.30. The Balaban J connectivity index is 2.21. The summed E-state index contributed by atoms with van der Waals surface area (Å²) in [6.45, 7) is 2.94. The van der Waals surface area contributed by atoms with Crippen LogP contribution in [0.3, 0.4) is 0 Å². The van der Waals surface area contributed by atoms with Gasteiger partial charge in [-0.05, 0) is 29.5 Å². The van der Waals surface area contributed by atoms with Crippen molar-refractivity contribution in [2.75, 3.05) is 6.61 Å². The van der Waals surface area contributed by atoms with Crippen molar-refractivity contribution in [3.05, 3.63) is 33.7 Å². The van der Waals surface area contributed by atoms with Gasteiger partial charge in [-0.15, -0.1) is 11.3 Å². The van der Waals surface area contributed by atoms with Crippen molar-refractivity contribution in [2.45, 2.75) is 25.8 Å². The first-order valence-electron chi connectivity index (χ1n) is 4.97. The van der Waals surface area contributed by atoms with Gasteiger partial charge in [-0.2, -0.15) is 0 Å². The van der Waals surface area contributed by atoms with Gasteiger partial charge in [-0.3, -0.25) is 0 Å². The van der Waals surface area contributed by atoms with Crippen molar-refractivity contribution in [1.82, 2.24) is 0 Å². The van der Waals surface area contributed by atoms with Gasteiger partial charge < -0.3 is 10.5 Å². The maximum atomic E-state index is 6.14. The van der Waals surface area contributed by atoms with Crippen LogP contribution >= 0.6 is 11.3 Å². The van der Waals surface area contributed by atoms with Crippen LogP contribution in [0.4, 0.5) is 0 Å². The standard InChI is InChI=1S/C11H15NOS/c1-2-8-5-7-14-11(8)10(12)9-4-3-6-13-9/h4-5,7,10H,2-3,6,12H2,1H3. The molecule has 0 bridgehead atoms. The van der Waals surface area contributed by atoms with E-state index < -0.39 is 0 Å².